The van der Waals surface area contributed by atoms with E-state index in [0.29, 0.717) is 12.1 Å². The van der Waals surface area contributed by atoms with Crippen molar-refractivity contribution >= 4 is 17.7 Å². The van der Waals surface area contributed by atoms with Crippen LogP contribution in [-0.4, -0.2) is 34.9 Å². The number of carbonyl (C=O) groups excluding carboxylic acids is 3. The number of rotatable bonds is 9. The molecule has 0 saturated carbocycles. The van der Waals surface area contributed by atoms with Crippen LogP contribution in [0.4, 0.5) is 0 Å². The summed E-state index contributed by atoms with van der Waals surface area (Å²) in [7, 11) is 0. The van der Waals surface area contributed by atoms with E-state index in [4.69, 9.17) is 13.6 Å². The molecule has 1 atom stereocenters. The van der Waals surface area contributed by atoms with Crippen LogP contribution in [0.2, 0.25) is 0 Å². The van der Waals surface area contributed by atoms with Crippen molar-refractivity contribution in [1.29, 1.82) is 0 Å². The van der Waals surface area contributed by atoms with Crippen molar-refractivity contribution in [2.45, 2.75) is 40.3 Å². The summed E-state index contributed by atoms with van der Waals surface area (Å²) in [5.74, 6) is -0.870. The number of furan rings is 2. The first-order valence-corrected chi connectivity index (χ1v) is 10.0. The average molecular weight is 426 g/mol. The third-order valence-electron chi connectivity index (χ3n) is 5.07. The maximum Gasteiger partial charge on any atom is 0.329 e. The Kier molecular flexibility index (Phi) is 6.79. The lowest BCUT2D eigenvalue weighted by atomic mass is 10.0. The summed E-state index contributed by atoms with van der Waals surface area (Å²) in [6, 6.07) is 7.62. The van der Waals surface area contributed by atoms with Crippen LogP contribution >= 0.6 is 0 Å². The summed E-state index contributed by atoms with van der Waals surface area (Å²) in [6.45, 7) is 7.38. The highest BCUT2D eigenvalue weighted by atomic mass is 16.5. The Hall–Kier alpha value is -3.55. The van der Waals surface area contributed by atoms with Crippen molar-refractivity contribution < 1.29 is 28.0 Å². The van der Waals surface area contributed by atoms with Crippen LogP contribution in [0, 0.1) is 19.8 Å². The quantitative estimate of drug-likeness (QED) is 0.415. The van der Waals surface area contributed by atoms with Crippen LogP contribution in [-0.2, 0) is 16.1 Å². The monoisotopic (exact) mass is 426 g/mol. The summed E-state index contributed by atoms with van der Waals surface area (Å²) >= 11 is 0. The van der Waals surface area contributed by atoms with Crippen LogP contribution in [0.25, 0.3) is 0 Å². The molecule has 8 nitrogen and oxygen atoms in total. The van der Waals surface area contributed by atoms with E-state index in [9.17, 15) is 14.4 Å². The first-order valence-electron chi connectivity index (χ1n) is 10.0. The summed E-state index contributed by atoms with van der Waals surface area (Å²) < 4.78 is 17.7. The highest BCUT2D eigenvalue weighted by molar-refractivity contribution is 6.00. The lowest BCUT2D eigenvalue weighted by Gasteiger charge is -2.20. The molecule has 3 aromatic heterocycles. The lowest BCUT2D eigenvalue weighted by molar-refractivity contribution is -0.145. The van der Waals surface area contributed by atoms with Gasteiger partial charge in [0.1, 0.15) is 11.8 Å². The number of ketones is 1. The fourth-order valence-electron chi connectivity index (χ4n) is 3.31. The number of amides is 1. The zero-order valence-electron chi connectivity index (χ0n) is 18.0. The second-order valence-corrected chi connectivity index (χ2v) is 7.65. The maximum absolute atomic E-state index is 12.7. The molecule has 1 amide bonds. The Labute approximate surface area is 180 Å². The van der Waals surface area contributed by atoms with E-state index in [1.807, 2.05) is 30.5 Å². The molecule has 31 heavy (non-hydrogen) atoms. The highest BCUT2D eigenvalue weighted by Crippen LogP contribution is 2.18. The number of ether oxygens (including phenoxy) is 1. The molecule has 0 spiro atoms. The summed E-state index contributed by atoms with van der Waals surface area (Å²) in [4.78, 5) is 37.5. The standard InChI is InChI=1S/C23H26N2O6/c1-14(2)21(24-22(27)20-8-6-10-30-20)23(28)31-13-19(26)18-11-15(3)25(16(18)4)12-17-7-5-9-29-17/h5-11,14,21H,12-13H2,1-4H3,(H,24,27)/t21-/m0/s1. The normalized spacial score (nSPS) is 12.0. The molecule has 0 unspecified atom stereocenters. The van der Waals surface area contributed by atoms with E-state index >= 15 is 0 Å². The van der Waals surface area contributed by atoms with Crippen LogP contribution in [0.1, 0.15) is 51.9 Å². The van der Waals surface area contributed by atoms with Gasteiger partial charge in [0.2, 0.25) is 5.78 Å². The SMILES string of the molecule is Cc1cc(C(=O)COC(=O)[C@@H](NC(=O)c2ccco2)C(C)C)c(C)n1Cc1ccco1. The predicted octanol–water partition coefficient (Wildman–Crippen LogP) is 3.52. The lowest BCUT2D eigenvalue weighted by Crippen LogP contribution is -2.45. The minimum atomic E-state index is -0.906. The molecule has 0 aromatic carbocycles. The third kappa shape index (κ3) is 5.14. The number of aromatic nitrogens is 1. The second-order valence-electron chi connectivity index (χ2n) is 7.65. The van der Waals surface area contributed by atoms with Gasteiger partial charge in [0, 0.05) is 17.0 Å². The van der Waals surface area contributed by atoms with Gasteiger partial charge in [0.05, 0.1) is 19.1 Å². The molecule has 0 aliphatic heterocycles. The van der Waals surface area contributed by atoms with Gasteiger partial charge in [0.25, 0.3) is 5.91 Å². The van der Waals surface area contributed by atoms with Crippen molar-refractivity contribution in [3.8, 4) is 0 Å². The number of esters is 1. The first-order chi connectivity index (χ1) is 14.8. The topological polar surface area (TPSA) is 104 Å². The number of hydrogen-bond acceptors (Lipinski definition) is 6. The molecule has 0 aliphatic rings. The Morgan fingerprint density at radius 2 is 1.81 bits per heavy atom. The van der Waals surface area contributed by atoms with Crippen molar-refractivity contribution in [2.24, 2.45) is 5.92 Å². The van der Waals surface area contributed by atoms with Gasteiger partial charge in [0.15, 0.2) is 12.4 Å². The number of nitrogens with zero attached hydrogens (tertiary/aromatic N) is 1. The number of Topliss-reactive ketones (excluding diaryl/α,β-unsaturated/α-hetero) is 1. The number of nitrogens with one attached hydrogen (secondary N) is 1. The first kappa shape index (κ1) is 22.1. The maximum atomic E-state index is 12.7. The Balaban J connectivity index is 1.63. The molecule has 0 saturated heterocycles. The van der Waals surface area contributed by atoms with Crippen LogP contribution in [0.5, 0.6) is 0 Å². The minimum absolute atomic E-state index is 0.0959. The second kappa shape index (κ2) is 9.51. The van der Waals surface area contributed by atoms with E-state index < -0.39 is 24.5 Å². The van der Waals surface area contributed by atoms with E-state index in [1.54, 1.807) is 32.2 Å². The molecule has 3 heterocycles. The molecular formula is C23H26N2O6. The minimum Gasteiger partial charge on any atom is -0.467 e. The van der Waals surface area contributed by atoms with Crippen molar-refractivity contribution in [2.75, 3.05) is 6.61 Å². The van der Waals surface area contributed by atoms with Crippen LogP contribution in [0.3, 0.4) is 0 Å². The fraction of sp³-hybridized carbons (Fsp3) is 0.348. The molecule has 0 aliphatic carbocycles. The van der Waals surface area contributed by atoms with Gasteiger partial charge >= 0.3 is 5.97 Å². The molecule has 164 valence electrons. The molecule has 1 N–H and O–H groups in total. The predicted molar refractivity (Wildman–Crippen MR) is 112 cm³/mol. The van der Waals surface area contributed by atoms with Gasteiger partial charge in [-0.25, -0.2) is 4.79 Å². The van der Waals surface area contributed by atoms with Gasteiger partial charge in [-0.3, -0.25) is 9.59 Å². The van der Waals surface area contributed by atoms with Crippen LogP contribution in [0.15, 0.2) is 51.7 Å². The molecular weight excluding hydrogens is 400 g/mol. The highest BCUT2D eigenvalue weighted by Gasteiger charge is 2.28. The Bertz CT molecular complexity index is 1040. The van der Waals surface area contributed by atoms with E-state index in [-0.39, 0.29) is 17.5 Å². The van der Waals surface area contributed by atoms with Crippen molar-refractivity contribution in [3.05, 3.63) is 71.3 Å². The summed E-state index contributed by atoms with van der Waals surface area (Å²) in [5.41, 5.74) is 2.15. The van der Waals surface area contributed by atoms with Crippen molar-refractivity contribution in [3.63, 3.8) is 0 Å². The zero-order valence-corrected chi connectivity index (χ0v) is 18.0. The molecule has 0 bridgehead atoms. The Morgan fingerprint density at radius 3 is 2.42 bits per heavy atom. The number of carbonyl (C=O) groups is 3. The molecule has 0 fully saturated rings. The molecule has 0 radical (unpaired) electrons. The van der Waals surface area contributed by atoms with E-state index in [2.05, 4.69) is 5.32 Å². The van der Waals surface area contributed by atoms with Gasteiger partial charge in [-0.05, 0) is 50.1 Å². The van der Waals surface area contributed by atoms with E-state index in [1.165, 1.54) is 12.3 Å². The smallest absolute Gasteiger partial charge is 0.329 e. The number of hydrogen-bond donors (Lipinski definition) is 1. The summed E-state index contributed by atoms with van der Waals surface area (Å²) in [5, 5.41) is 2.60. The van der Waals surface area contributed by atoms with E-state index in [0.717, 1.165) is 17.1 Å². The zero-order chi connectivity index (χ0) is 22.5. The summed E-state index contributed by atoms with van der Waals surface area (Å²) in [6.07, 6.45) is 2.98. The third-order valence-corrected chi connectivity index (χ3v) is 5.07. The van der Waals surface area contributed by atoms with Gasteiger partial charge in [-0.15, -0.1) is 0 Å². The molecule has 3 rings (SSSR count). The number of aryl methyl sites for hydroxylation is 1. The van der Waals surface area contributed by atoms with Crippen molar-refractivity contribution in [1.82, 2.24) is 9.88 Å². The van der Waals surface area contributed by atoms with Gasteiger partial charge in [-0.2, -0.15) is 0 Å². The fourth-order valence-corrected chi connectivity index (χ4v) is 3.31. The largest absolute Gasteiger partial charge is 0.467 e. The Morgan fingerprint density at radius 1 is 1.10 bits per heavy atom. The molecule has 8 heteroatoms. The van der Waals surface area contributed by atoms with Crippen LogP contribution < -0.4 is 5.32 Å². The van der Waals surface area contributed by atoms with Gasteiger partial charge < -0.3 is 23.5 Å². The average Bonchev–Trinajstić information content (AvgIpc) is 3.49. The molecule has 3 aromatic rings. The van der Waals surface area contributed by atoms with Gasteiger partial charge in [-0.1, -0.05) is 13.8 Å².